The molecule has 1 saturated heterocycles. The van der Waals surface area contributed by atoms with Crippen molar-refractivity contribution in [2.45, 2.75) is 19.3 Å². The lowest BCUT2D eigenvalue weighted by atomic mass is 9.93. The molecule has 1 amide bonds. The highest BCUT2D eigenvalue weighted by atomic mass is 16.1. The van der Waals surface area contributed by atoms with E-state index in [1.807, 2.05) is 12.1 Å². The normalized spacial score (nSPS) is 21.4. The molecule has 2 aromatic rings. The van der Waals surface area contributed by atoms with E-state index in [1.165, 1.54) is 0 Å². The van der Waals surface area contributed by atoms with Crippen LogP contribution >= 0.6 is 0 Å². The largest absolute Gasteiger partial charge is 0.355 e. The fourth-order valence-corrected chi connectivity index (χ4v) is 3.19. The average molecular weight is 312 g/mol. The number of rotatable bonds is 4. The highest BCUT2D eigenvalue weighted by Crippen LogP contribution is 2.23. The van der Waals surface area contributed by atoms with Crippen LogP contribution in [-0.2, 0) is 4.79 Å². The number of allylic oxidation sites excluding steroid dienone is 2. The van der Waals surface area contributed by atoms with Crippen molar-refractivity contribution in [3.05, 3.63) is 30.6 Å². The van der Waals surface area contributed by atoms with Crippen molar-refractivity contribution in [3.8, 4) is 0 Å². The Morgan fingerprint density at radius 2 is 2.22 bits per heavy atom. The molecule has 0 bridgehead atoms. The fourth-order valence-electron chi connectivity index (χ4n) is 3.19. The standard InChI is InChI=1S/C16H20N6O/c23-16(13-4-2-1-3-5-13)17-8-12-9-21(10-12)15-7-6-14-19-18-11-22(14)20-15/h1-2,6-7,11-13H,3-5,8-10H2,(H,17,23). The van der Waals surface area contributed by atoms with E-state index in [-0.39, 0.29) is 11.8 Å². The SMILES string of the molecule is O=C(NCC1CN(c2ccc3nncn3n2)C1)C1CC=CCC1. The maximum atomic E-state index is 12.1. The van der Waals surface area contributed by atoms with E-state index in [9.17, 15) is 4.79 Å². The van der Waals surface area contributed by atoms with Crippen LogP contribution in [0.25, 0.3) is 5.65 Å². The van der Waals surface area contributed by atoms with E-state index in [0.29, 0.717) is 5.92 Å². The smallest absolute Gasteiger partial charge is 0.223 e. The summed E-state index contributed by atoms with van der Waals surface area (Å²) >= 11 is 0. The zero-order valence-corrected chi connectivity index (χ0v) is 12.9. The number of carbonyl (C=O) groups excluding carboxylic acids is 1. The quantitative estimate of drug-likeness (QED) is 0.854. The van der Waals surface area contributed by atoms with E-state index in [2.05, 4.69) is 37.7 Å². The molecular weight excluding hydrogens is 292 g/mol. The lowest BCUT2D eigenvalue weighted by Gasteiger charge is -2.40. The first-order valence-electron chi connectivity index (χ1n) is 8.14. The van der Waals surface area contributed by atoms with E-state index < -0.39 is 0 Å². The predicted octanol–water partition coefficient (Wildman–Crippen LogP) is 1.03. The van der Waals surface area contributed by atoms with E-state index in [1.54, 1.807) is 10.8 Å². The number of amides is 1. The van der Waals surface area contributed by atoms with Gasteiger partial charge in [0, 0.05) is 31.5 Å². The van der Waals surface area contributed by atoms with Crippen molar-refractivity contribution in [3.63, 3.8) is 0 Å². The summed E-state index contributed by atoms with van der Waals surface area (Å²) in [6.45, 7) is 2.60. The second kappa shape index (κ2) is 5.98. The van der Waals surface area contributed by atoms with Crippen LogP contribution in [0.1, 0.15) is 19.3 Å². The lowest BCUT2D eigenvalue weighted by molar-refractivity contribution is -0.125. The number of anilines is 1. The zero-order valence-electron chi connectivity index (χ0n) is 12.9. The van der Waals surface area contributed by atoms with Gasteiger partial charge in [-0.1, -0.05) is 12.2 Å². The van der Waals surface area contributed by atoms with Gasteiger partial charge in [0.15, 0.2) is 5.65 Å². The van der Waals surface area contributed by atoms with E-state index >= 15 is 0 Å². The maximum absolute atomic E-state index is 12.1. The first kappa shape index (κ1) is 14.2. The minimum Gasteiger partial charge on any atom is -0.355 e. The molecule has 3 heterocycles. The number of hydrogen-bond acceptors (Lipinski definition) is 5. The molecule has 2 aromatic heterocycles. The Hall–Kier alpha value is -2.44. The molecule has 0 radical (unpaired) electrons. The van der Waals surface area contributed by atoms with Gasteiger partial charge in [-0.2, -0.15) is 4.52 Å². The van der Waals surface area contributed by atoms with Gasteiger partial charge in [-0.05, 0) is 31.4 Å². The van der Waals surface area contributed by atoms with E-state index in [0.717, 1.165) is 50.4 Å². The molecule has 1 aliphatic heterocycles. The van der Waals surface area contributed by atoms with Crippen LogP contribution in [-0.4, -0.2) is 45.4 Å². The summed E-state index contributed by atoms with van der Waals surface area (Å²) in [6, 6.07) is 3.88. The predicted molar refractivity (Wildman–Crippen MR) is 86.0 cm³/mol. The van der Waals surface area contributed by atoms with Gasteiger partial charge in [0.2, 0.25) is 5.91 Å². The molecule has 4 rings (SSSR count). The summed E-state index contributed by atoms with van der Waals surface area (Å²) in [5.74, 6) is 1.79. The zero-order chi connectivity index (χ0) is 15.6. The Morgan fingerprint density at radius 3 is 3.04 bits per heavy atom. The van der Waals surface area contributed by atoms with Gasteiger partial charge in [-0.25, -0.2) is 0 Å². The van der Waals surface area contributed by atoms with Crippen LogP contribution in [0, 0.1) is 11.8 Å². The molecular formula is C16H20N6O. The van der Waals surface area contributed by atoms with Gasteiger partial charge in [-0.3, -0.25) is 4.79 Å². The van der Waals surface area contributed by atoms with Gasteiger partial charge in [0.05, 0.1) is 0 Å². The van der Waals surface area contributed by atoms with Crippen LogP contribution in [0.4, 0.5) is 5.82 Å². The third-order valence-electron chi connectivity index (χ3n) is 4.63. The Labute approximate surface area is 134 Å². The highest BCUT2D eigenvalue weighted by molar-refractivity contribution is 5.79. The molecule has 1 fully saturated rings. The van der Waals surface area contributed by atoms with Gasteiger partial charge < -0.3 is 10.2 Å². The number of nitrogens with zero attached hydrogens (tertiary/aromatic N) is 5. The molecule has 7 heteroatoms. The number of carbonyl (C=O) groups is 1. The molecule has 2 aliphatic rings. The van der Waals surface area contributed by atoms with Crippen molar-refractivity contribution in [2.75, 3.05) is 24.5 Å². The molecule has 1 unspecified atom stereocenters. The van der Waals surface area contributed by atoms with Crippen molar-refractivity contribution >= 4 is 17.4 Å². The fraction of sp³-hybridized carbons (Fsp3) is 0.500. The van der Waals surface area contributed by atoms with Crippen molar-refractivity contribution in [2.24, 2.45) is 11.8 Å². The minimum absolute atomic E-state index is 0.161. The topological polar surface area (TPSA) is 75.4 Å². The summed E-state index contributed by atoms with van der Waals surface area (Å²) < 4.78 is 1.68. The summed E-state index contributed by atoms with van der Waals surface area (Å²) in [7, 11) is 0. The van der Waals surface area contributed by atoms with Crippen molar-refractivity contribution in [1.29, 1.82) is 0 Å². The molecule has 0 spiro atoms. The number of nitrogens with one attached hydrogen (secondary N) is 1. The Kier molecular flexibility index (Phi) is 3.69. The molecule has 23 heavy (non-hydrogen) atoms. The molecule has 0 saturated carbocycles. The maximum Gasteiger partial charge on any atom is 0.223 e. The second-order valence-electron chi connectivity index (χ2n) is 6.32. The summed E-state index contributed by atoms with van der Waals surface area (Å²) in [5, 5.41) is 15.4. The van der Waals surface area contributed by atoms with Crippen LogP contribution in [0.5, 0.6) is 0 Å². The molecule has 1 N–H and O–H groups in total. The molecule has 0 aromatic carbocycles. The first-order chi connectivity index (χ1) is 11.3. The van der Waals surface area contributed by atoms with Gasteiger partial charge in [-0.15, -0.1) is 15.3 Å². The van der Waals surface area contributed by atoms with Crippen molar-refractivity contribution < 1.29 is 4.79 Å². The van der Waals surface area contributed by atoms with E-state index in [4.69, 9.17) is 0 Å². The number of fused-ring (bicyclic) bond motifs is 1. The van der Waals surface area contributed by atoms with Crippen LogP contribution in [0.15, 0.2) is 30.6 Å². The molecule has 1 aliphatic carbocycles. The summed E-state index contributed by atoms with van der Waals surface area (Å²) in [4.78, 5) is 14.3. The van der Waals surface area contributed by atoms with Crippen LogP contribution in [0.3, 0.4) is 0 Å². The van der Waals surface area contributed by atoms with Gasteiger partial charge in [0.1, 0.15) is 12.1 Å². The number of hydrogen-bond donors (Lipinski definition) is 1. The third kappa shape index (κ3) is 2.91. The average Bonchev–Trinajstić information content (AvgIpc) is 3.01. The monoisotopic (exact) mass is 312 g/mol. The van der Waals surface area contributed by atoms with Gasteiger partial charge in [0.25, 0.3) is 0 Å². The summed E-state index contributed by atoms with van der Waals surface area (Å²) in [5.41, 5.74) is 0.750. The first-order valence-corrected chi connectivity index (χ1v) is 8.14. The summed E-state index contributed by atoms with van der Waals surface area (Å²) in [6.07, 6.45) is 8.76. The van der Waals surface area contributed by atoms with Crippen LogP contribution < -0.4 is 10.2 Å². The third-order valence-corrected chi connectivity index (χ3v) is 4.63. The molecule has 1 atom stereocenters. The highest BCUT2D eigenvalue weighted by Gasteiger charge is 2.29. The Morgan fingerprint density at radius 1 is 1.30 bits per heavy atom. The minimum atomic E-state index is 0.161. The lowest BCUT2D eigenvalue weighted by Crippen LogP contribution is -2.52. The van der Waals surface area contributed by atoms with Crippen LogP contribution in [0.2, 0.25) is 0 Å². The Bertz CT molecular complexity index is 733. The van der Waals surface area contributed by atoms with Crippen molar-refractivity contribution in [1.82, 2.24) is 25.1 Å². The molecule has 7 nitrogen and oxygen atoms in total. The number of aromatic nitrogens is 4. The second-order valence-corrected chi connectivity index (χ2v) is 6.32. The Balaban J connectivity index is 1.26. The molecule has 120 valence electrons. The van der Waals surface area contributed by atoms with Gasteiger partial charge >= 0.3 is 0 Å².